The van der Waals surface area contributed by atoms with Crippen molar-refractivity contribution in [1.29, 1.82) is 0 Å². The molecule has 0 spiro atoms. The maximum absolute atomic E-state index is 12.3. The molecule has 9 nitrogen and oxygen atoms in total. The standard InChI is InChI=1S/C19H25N8OP/c1-24(2)18(28)15-10-13-11-21-19(23-17(13)25(15)3)22-16-5-4-14(12-20-16)26-6-8-27(29)9-7-26/h4-5,10-12H,6-9,29H2,1-3H3,(H,20,21,22,23). The summed E-state index contributed by atoms with van der Waals surface area (Å²) in [5.74, 6) is 1.05. The molecule has 1 fully saturated rings. The zero-order valence-corrected chi connectivity index (χ0v) is 18.0. The fraction of sp³-hybridized carbons (Fsp3) is 0.368. The first kappa shape index (κ1) is 19.5. The van der Waals surface area contributed by atoms with E-state index in [9.17, 15) is 4.79 Å². The fourth-order valence-corrected chi connectivity index (χ4v) is 3.58. The van der Waals surface area contributed by atoms with E-state index >= 15 is 0 Å². The second kappa shape index (κ2) is 7.93. The molecule has 1 saturated heterocycles. The minimum absolute atomic E-state index is 0.0697. The Labute approximate surface area is 172 Å². The van der Waals surface area contributed by atoms with E-state index in [2.05, 4.69) is 45.3 Å². The molecule has 152 valence electrons. The predicted octanol–water partition coefficient (Wildman–Crippen LogP) is 1.72. The number of hydrogen-bond acceptors (Lipinski definition) is 7. The Hall–Kier alpha value is -2.77. The van der Waals surface area contributed by atoms with Crippen molar-refractivity contribution in [2.24, 2.45) is 7.05 Å². The Morgan fingerprint density at radius 1 is 1.14 bits per heavy atom. The average molecular weight is 412 g/mol. The maximum Gasteiger partial charge on any atom is 0.270 e. The van der Waals surface area contributed by atoms with Crippen LogP contribution in [0.4, 0.5) is 17.5 Å². The van der Waals surface area contributed by atoms with E-state index in [4.69, 9.17) is 0 Å². The number of pyridine rings is 1. The molecule has 1 unspecified atom stereocenters. The van der Waals surface area contributed by atoms with E-state index in [0.717, 1.165) is 37.3 Å². The number of piperazine rings is 1. The number of hydrogen-bond donors (Lipinski definition) is 1. The summed E-state index contributed by atoms with van der Waals surface area (Å²) in [6, 6.07) is 5.80. The molecule has 1 aliphatic heterocycles. The van der Waals surface area contributed by atoms with Crippen molar-refractivity contribution >= 4 is 43.8 Å². The Balaban J connectivity index is 1.52. The minimum atomic E-state index is -0.0697. The molecule has 0 saturated carbocycles. The van der Waals surface area contributed by atoms with Gasteiger partial charge in [0.25, 0.3) is 5.91 Å². The van der Waals surface area contributed by atoms with Crippen LogP contribution in [0.25, 0.3) is 11.0 Å². The molecule has 1 N–H and O–H groups in total. The lowest BCUT2D eigenvalue weighted by atomic mass is 10.3. The zero-order chi connectivity index (χ0) is 20.5. The largest absolute Gasteiger partial charge is 0.368 e. The summed E-state index contributed by atoms with van der Waals surface area (Å²) in [6.07, 6.45) is 3.59. The molecule has 29 heavy (non-hydrogen) atoms. The molecule has 1 atom stereocenters. The molecule has 4 rings (SSSR count). The molecule has 1 aliphatic rings. The van der Waals surface area contributed by atoms with Crippen molar-refractivity contribution in [3.05, 3.63) is 36.3 Å². The van der Waals surface area contributed by atoms with Crippen LogP contribution in [0.5, 0.6) is 0 Å². The van der Waals surface area contributed by atoms with Crippen LogP contribution in [0.15, 0.2) is 30.6 Å². The van der Waals surface area contributed by atoms with Crippen LogP contribution in [0.2, 0.25) is 0 Å². The Morgan fingerprint density at radius 2 is 1.90 bits per heavy atom. The van der Waals surface area contributed by atoms with E-state index in [1.165, 1.54) is 0 Å². The van der Waals surface area contributed by atoms with Gasteiger partial charge in [-0.3, -0.25) is 9.46 Å². The smallest absolute Gasteiger partial charge is 0.270 e. The summed E-state index contributed by atoms with van der Waals surface area (Å²) < 4.78 is 4.03. The highest BCUT2D eigenvalue weighted by atomic mass is 31.0. The van der Waals surface area contributed by atoms with Gasteiger partial charge in [0.2, 0.25) is 5.95 Å². The van der Waals surface area contributed by atoms with Gasteiger partial charge < -0.3 is 19.7 Å². The van der Waals surface area contributed by atoms with Gasteiger partial charge in [-0.05, 0) is 18.2 Å². The molecule has 3 aromatic heterocycles. The fourth-order valence-electron chi connectivity index (χ4n) is 3.35. The van der Waals surface area contributed by atoms with Gasteiger partial charge in [-0.2, -0.15) is 4.98 Å². The van der Waals surface area contributed by atoms with Crippen LogP contribution in [-0.2, 0) is 7.05 Å². The highest BCUT2D eigenvalue weighted by Gasteiger charge is 2.17. The average Bonchev–Trinajstić information content (AvgIpc) is 3.05. The lowest BCUT2D eigenvalue weighted by Crippen LogP contribution is -2.42. The summed E-state index contributed by atoms with van der Waals surface area (Å²) in [5.41, 5.74) is 2.38. The lowest BCUT2D eigenvalue weighted by molar-refractivity contribution is 0.0819. The third kappa shape index (κ3) is 4.02. The second-order valence-electron chi connectivity index (χ2n) is 7.31. The van der Waals surface area contributed by atoms with Gasteiger partial charge in [-0.25, -0.2) is 9.97 Å². The Kier molecular flexibility index (Phi) is 5.34. The highest BCUT2D eigenvalue weighted by molar-refractivity contribution is 7.13. The van der Waals surface area contributed by atoms with Crippen LogP contribution in [-0.4, -0.2) is 75.3 Å². The van der Waals surface area contributed by atoms with E-state index in [1.807, 2.05) is 25.4 Å². The van der Waals surface area contributed by atoms with Gasteiger partial charge in [-0.1, -0.05) is 9.39 Å². The van der Waals surface area contributed by atoms with Crippen LogP contribution < -0.4 is 10.2 Å². The molecule has 0 aliphatic carbocycles. The van der Waals surface area contributed by atoms with E-state index in [0.29, 0.717) is 23.1 Å². The number of rotatable bonds is 4. The van der Waals surface area contributed by atoms with E-state index in [1.54, 1.807) is 29.8 Å². The third-order valence-electron chi connectivity index (χ3n) is 5.06. The molecule has 0 aromatic carbocycles. The number of anilines is 3. The predicted molar refractivity (Wildman–Crippen MR) is 118 cm³/mol. The van der Waals surface area contributed by atoms with Crippen molar-refractivity contribution in [1.82, 2.24) is 29.1 Å². The number of nitrogens with zero attached hydrogens (tertiary/aromatic N) is 7. The first-order valence-electron chi connectivity index (χ1n) is 9.44. The number of nitrogens with one attached hydrogen (secondary N) is 1. The van der Waals surface area contributed by atoms with Crippen LogP contribution in [0.1, 0.15) is 10.5 Å². The Bertz CT molecular complexity index is 1020. The lowest BCUT2D eigenvalue weighted by Gasteiger charge is -2.33. The van der Waals surface area contributed by atoms with Gasteiger partial charge in [0.05, 0.1) is 11.9 Å². The molecular weight excluding hydrogens is 387 g/mol. The Morgan fingerprint density at radius 3 is 2.55 bits per heavy atom. The summed E-state index contributed by atoms with van der Waals surface area (Å²) in [6.45, 7) is 4.01. The third-order valence-corrected chi connectivity index (χ3v) is 5.58. The van der Waals surface area contributed by atoms with Crippen molar-refractivity contribution in [3.63, 3.8) is 0 Å². The van der Waals surface area contributed by atoms with Crippen LogP contribution >= 0.6 is 9.39 Å². The number of aromatic nitrogens is 4. The molecule has 10 heteroatoms. The number of fused-ring (bicyclic) bond motifs is 1. The van der Waals surface area contributed by atoms with Gasteiger partial charge in [0.15, 0.2) is 0 Å². The SMILES string of the molecule is CN(C)C(=O)c1cc2cnc(Nc3ccc(N4CCN(P)CC4)cn3)nc2n1C. The van der Waals surface area contributed by atoms with Gasteiger partial charge >= 0.3 is 0 Å². The van der Waals surface area contributed by atoms with Crippen molar-refractivity contribution in [3.8, 4) is 0 Å². The van der Waals surface area contributed by atoms with Gasteiger partial charge in [-0.15, -0.1) is 0 Å². The normalized spacial score (nSPS) is 15.0. The van der Waals surface area contributed by atoms with E-state index in [-0.39, 0.29) is 5.91 Å². The molecule has 4 heterocycles. The maximum atomic E-state index is 12.3. The summed E-state index contributed by atoms with van der Waals surface area (Å²) in [4.78, 5) is 29.6. The highest BCUT2D eigenvalue weighted by Crippen LogP contribution is 2.22. The second-order valence-corrected chi connectivity index (χ2v) is 8.04. The minimum Gasteiger partial charge on any atom is -0.368 e. The molecule has 3 aromatic rings. The first-order chi connectivity index (χ1) is 13.9. The van der Waals surface area contributed by atoms with E-state index < -0.39 is 0 Å². The number of carbonyl (C=O) groups excluding carboxylic acids is 1. The molecule has 1 amide bonds. The summed E-state index contributed by atoms with van der Waals surface area (Å²) in [7, 11) is 8.05. The summed E-state index contributed by atoms with van der Waals surface area (Å²) >= 11 is 0. The van der Waals surface area contributed by atoms with Gasteiger partial charge in [0, 0.05) is 58.9 Å². The topological polar surface area (TPSA) is 82.4 Å². The van der Waals surface area contributed by atoms with Crippen molar-refractivity contribution < 1.29 is 4.79 Å². The van der Waals surface area contributed by atoms with Crippen LogP contribution in [0, 0.1) is 0 Å². The summed E-state index contributed by atoms with van der Waals surface area (Å²) in [5, 5.41) is 3.97. The molecule has 0 radical (unpaired) electrons. The first-order valence-corrected chi connectivity index (χ1v) is 9.96. The monoisotopic (exact) mass is 412 g/mol. The quantitative estimate of drug-likeness (QED) is 0.654. The number of aryl methyl sites for hydroxylation is 1. The van der Waals surface area contributed by atoms with Crippen LogP contribution in [0.3, 0.4) is 0 Å². The number of carbonyl (C=O) groups is 1. The molecule has 0 bridgehead atoms. The van der Waals surface area contributed by atoms with Crippen molar-refractivity contribution in [2.45, 2.75) is 0 Å². The number of amides is 1. The van der Waals surface area contributed by atoms with Gasteiger partial charge in [0.1, 0.15) is 17.2 Å². The zero-order valence-electron chi connectivity index (χ0n) is 16.8. The van der Waals surface area contributed by atoms with Crippen molar-refractivity contribution in [2.75, 3.05) is 50.5 Å². The molecular formula is C19H25N8OP.